The van der Waals surface area contributed by atoms with E-state index in [1.165, 1.54) is 32.1 Å². The topological polar surface area (TPSA) is 17.8 Å². The SMILES string of the molecule is Cc1ccc(-c2cc(C(C)C)c(-n3ccnc3-c3ccccc3)c(C(C)C)c2)s1. The summed E-state index contributed by atoms with van der Waals surface area (Å²) in [6, 6.07) is 19.7. The van der Waals surface area contributed by atoms with Crippen molar-refractivity contribution in [1.29, 1.82) is 0 Å². The van der Waals surface area contributed by atoms with E-state index in [1.807, 2.05) is 23.6 Å². The molecule has 0 N–H and O–H groups in total. The van der Waals surface area contributed by atoms with E-state index in [-0.39, 0.29) is 0 Å². The quantitative estimate of drug-likeness (QED) is 0.334. The van der Waals surface area contributed by atoms with E-state index in [9.17, 15) is 0 Å². The van der Waals surface area contributed by atoms with Crippen LogP contribution in [0.2, 0.25) is 0 Å². The van der Waals surface area contributed by atoms with Crippen LogP contribution in [0.25, 0.3) is 27.5 Å². The second kappa shape index (κ2) is 8.00. The van der Waals surface area contributed by atoms with Gasteiger partial charge in [0.05, 0.1) is 5.69 Å². The predicted molar refractivity (Wildman–Crippen MR) is 125 cm³/mol. The minimum Gasteiger partial charge on any atom is -0.299 e. The molecule has 4 rings (SSSR count). The minimum atomic E-state index is 0.412. The Hall–Kier alpha value is -2.65. The molecular formula is C26H28N2S. The third-order valence-electron chi connectivity index (χ3n) is 5.35. The lowest BCUT2D eigenvalue weighted by Gasteiger charge is -2.23. The second-order valence-electron chi connectivity index (χ2n) is 8.21. The molecule has 2 aromatic heterocycles. The normalized spacial score (nSPS) is 11.6. The zero-order valence-electron chi connectivity index (χ0n) is 17.8. The largest absolute Gasteiger partial charge is 0.299 e. The fraction of sp³-hybridized carbons (Fsp3) is 0.269. The van der Waals surface area contributed by atoms with Crippen LogP contribution in [0.1, 0.15) is 55.5 Å². The molecule has 0 radical (unpaired) electrons. The van der Waals surface area contributed by atoms with E-state index in [1.54, 1.807) is 0 Å². The molecule has 0 aliphatic heterocycles. The highest BCUT2D eigenvalue weighted by Gasteiger charge is 2.21. The van der Waals surface area contributed by atoms with Crippen molar-refractivity contribution in [2.45, 2.75) is 46.5 Å². The van der Waals surface area contributed by atoms with Crippen LogP contribution in [0.4, 0.5) is 0 Å². The molecule has 29 heavy (non-hydrogen) atoms. The van der Waals surface area contributed by atoms with Gasteiger partial charge in [-0.15, -0.1) is 11.3 Å². The third-order valence-corrected chi connectivity index (χ3v) is 6.40. The molecule has 0 fully saturated rings. The van der Waals surface area contributed by atoms with Gasteiger partial charge in [-0.25, -0.2) is 4.98 Å². The Morgan fingerprint density at radius 1 is 0.828 bits per heavy atom. The van der Waals surface area contributed by atoms with Gasteiger partial charge in [0, 0.05) is 27.7 Å². The van der Waals surface area contributed by atoms with Crippen LogP contribution in [-0.2, 0) is 0 Å². The first kappa shape index (κ1) is 19.7. The zero-order chi connectivity index (χ0) is 20.5. The van der Waals surface area contributed by atoms with E-state index in [0.29, 0.717) is 11.8 Å². The molecule has 2 heterocycles. The van der Waals surface area contributed by atoms with Crippen LogP contribution < -0.4 is 0 Å². The molecular weight excluding hydrogens is 372 g/mol. The molecule has 4 aromatic rings. The predicted octanol–water partition coefficient (Wildman–Crippen LogP) is 7.82. The zero-order valence-corrected chi connectivity index (χ0v) is 18.6. The van der Waals surface area contributed by atoms with E-state index in [4.69, 9.17) is 4.98 Å². The maximum absolute atomic E-state index is 4.71. The number of aryl methyl sites for hydroxylation is 1. The number of aromatic nitrogens is 2. The van der Waals surface area contributed by atoms with Crippen molar-refractivity contribution in [3.63, 3.8) is 0 Å². The Kier molecular flexibility index (Phi) is 5.42. The van der Waals surface area contributed by atoms with Crippen LogP contribution in [0, 0.1) is 6.92 Å². The summed E-state index contributed by atoms with van der Waals surface area (Å²) in [6.45, 7) is 11.3. The van der Waals surface area contributed by atoms with Gasteiger partial charge in [0.15, 0.2) is 0 Å². The fourth-order valence-corrected chi connectivity index (χ4v) is 4.71. The van der Waals surface area contributed by atoms with Gasteiger partial charge < -0.3 is 0 Å². The first-order valence-corrected chi connectivity index (χ1v) is 11.1. The van der Waals surface area contributed by atoms with Gasteiger partial charge in [-0.3, -0.25) is 4.57 Å². The lowest BCUT2D eigenvalue weighted by Crippen LogP contribution is -2.08. The van der Waals surface area contributed by atoms with Crippen LogP contribution in [-0.4, -0.2) is 9.55 Å². The van der Waals surface area contributed by atoms with E-state index in [2.05, 4.69) is 93.9 Å². The van der Waals surface area contributed by atoms with Crippen LogP contribution in [0.15, 0.2) is 67.0 Å². The number of benzene rings is 2. The van der Waals surface area contributed by atoms with E-state index >= 15 is 0 Å². The number of thiophene rings is 1. The summed E-state index contributed by atoms with van der Waals surface area (Å²) < 4.78 is 2.28. The standard InChI is InChI=1S/C26H28N2S/c1-17(2)22-15-21(24-12-11-19(5)29-24)16-23(18(3)4)25(22)28-14-13-27-26(28)20-9-7-6-8-10-20/h6-18H,1-5H3. The van der Waals surface area contributed by atoms with Crippen LogP contribution >= 0.6 is 11.3 Å². The molecule has 0 saturated heterocycles. The first-order valence-electron chi connectivity index (χ1n) is 10.3. The van der Waals surface area contributed by atoms with Crippen molar-refractivity contribution in [3.8, 4) is 27.5 Å². The van der Waals surface area contributed by atoms with Crippen molar-refractivity contribution in [1.82, 2.24) is 9.55 Å². The molecule has 0 unspecified atom stereocenters. The van der Waals surface area contributed by atoms with Crippen molar-refractivity contribution in [2.24, 2.45) is 0 Å². The minimum absolute atomic E-state index is 0.412. The maximum Gasteiger partial charge on any atom is 0.144 e. The van der Waals surface area contributed by atoms with Crippen molar-refractivity contribution in [2.75, 3.05) is 0 Å². The number of hydrogen-bond donors (Lipinski definition) is 0. The molecule has 0 atom stereocenters. The summed E-state index contributed by atoms with van der Waals surface area (Å²) in [7, 11) is 0. The molecule has 2 aromatic carbocycles. The summed E-state index contributed by atoms with van der Waals surface area (Å²) in [6.07, 6.45) is 4.01. The van der Waals surface area contributed by atoms with Crippen molar-refractivity contribution < 1.29 is 0 Å². The van der Waals surface area contributed by atoms with E-state index < -0.39 is 0 Å². The Morgan fingerprint density at radius 3 is 2.03 bits per heavy atom. The molecule has 0 aliphatic rings. The Bertz CT molecular complexity index is 1090. The first-order chi connectivity index (χ1) is 14.0. The molecule has 0 aliphatic carbocycles. The van der Waals surface area contributed by atoms with Crippen molar-refractivity contribution in [3.05, 3.63) is 83.0 Å². The molecule has 3 heteroatoms. The summed E-state index contributed by atoms with van der Waals surface area (Å²) in [5.41, 5.74) is 6.48. The maximum atomic E-state index is 4.71. The lowest BCUT2D eigenvalue weighted by molar-refractivity contribution is 0.807. The number of rotatable bonds is 5. The smallest absolute Gasteiger partial charge is 0.144 e. The fourth-order valence-electron chi connectivity index (χ4n) is 3.86. The average molecular weight is 401 g/mol. The van der Waals surface area contributed by atoms with E-state index in [0.717, 1.165) is 11.4 Å². The molecule has 2 nitrogen and oxygen atoms in total. The number of hydrogen-bond acceptors (Lipinski definition) is 2. The average Bonchev–Trinajstić information content (AvgIpc) is 3.36. The second-order valence-corrected chi connectivity index (χ2v) is 9.50. The summed E-state index contributed by atoms with van der Waals surface area (Å²) in [5, 5.41) is 0. The number of imidazole rings is 1. The third kappa shape index (κ3) is 3.79. The number of nitrogens with zero attached hydrogens (tertiary/aromatic N) is 2. The highest BCUT2D eigenvalue weighted by atomic mass is 32.1. The van der Waals surface area contributed by atoms with Crippen LogP contribution in [0.3, 0.4) is 0 Å². The highest BCUT2D eigenvalue weighted by Crippen LogP contribution is 2.39. The monoisotopic (exact) mass is 400 g/mol. The Labute approximate surface area is 177 Å². The summed E-state index contributed by atoms with van der Waals surface area (Å²) >= 11 is 1.87. The Balaban J connectivity index is 1.98. The van der Waals surface area contributed by atoms with Crippen molar-refractivity contribution >= 4 is 11.3 Å². The van der Waals surface area contributed by atoms with Gasteiger partial charge in [0.1, 0.15) is 5.82 Å². The van der Waals surface area contributed by atoms with Gasteiger partial charge in [0.25, 0.3) is 0 Å². The molecule has 0 spiro atoms. The molecule has 0 saturated carbocycles. The van der Waals surface area contributed by atoms with Gasteiger partial charge >= 0.3 is 0 Å². The lowest BCUT2D eigenvalue weighted by atomic mass is 9.89. The summed E-state index contributed by atoms with van der Waals surface area (Å²) in [4.78, 5) is 7.40. The van der Waals surface area contributed by atoms with Gasteiger partial charge in [-0.2, -0.15) is 0 Å². The highest BCUT2D eigenvalue weighted by molar-refractivity contribution is 7.15. The van der Waals surface area contributed by atoms with Crippen LogP contribution in [0.5, 0.6) is 0 Å². The Morgan fingerprint density at radius 2 is 1.48 bits per heavy atom. The van der Waals surface area contributed by atoms with Gasteiger partial charge in [-0.05, 0) is 59.7 Å². The van der Waals surface area contributed by atoms with Gasteiger partial charge in [0.2, 0.25) is 0 Å². The summed E-state index contributed by atoms with van der Waals surface area (Å²) in [5.74, 6) is 1.82. The molecule has 148 valence electrons. The molecule has 0 amide bonds. The molecule has 0 bridgehead atoms. The van der Waals surface area contributed by atoms with Gasteiger partial charge in [-0.1, -0.05) is 58.0 Å².